The van der Waals surface area contributed by atoms with Crippen molar-refractivity contribution in [1.82, 2.24) is 9.38 Å². The predicted octanol–water partition coefficient (Wildman–Crippen LogP) is 3.32. The molecule has 0 saturated carbocycles. The number of hydrogen-bond acceptors (Lipinski definition) is 3. The summed E-state index contributed by atoms with van der Waals surface area (Å²) in [5, 5.41) is 9.27. The van der Waals surface area contributed by atoms with E-state index in [0.29, 0.717) is 11.3 Å². The zero-order valence-corrected chi connectivity index (χ0v) is 12.6. The van der Waals surface area contributed by atoms with Crippen molar-refractivity contribution >= 4 is 11.6 Å². The van der Waals surface area contributed by atoms with E-state index in [4.69, 9.17) is 4.74 Å². The van der Waals surface area contributed by atoms with Crippen molar-refractivity contribution in [3.8, 4) is 17.0 Å². The van der Waals surface area contributed by atoms with Gasteiger partial charge in [0.25, 0.3) is 0 Å². The highest BCUT2D eigenvalue weighted by atomic mass is 16.5. The second kappa shape index (κ2) is 5.18. The summed E-state index contributed by atoms with van der Waals surface area (Å²) in [5.41, 5.74) is 4.41. The first kappa shape index (κ1) is 14.1. The van der Waals surface area contributed by atoms with Crippen molar-refractivity contribution < 1.29 is 14.6 Å². The fourth-order valence-electron chi connectivity index (χ4n) is 2.47. The molecule has 22 heavy (non-hydrogen) atoms. The Bertz CT molecular complexity index is 881. The Hall–Kier alpha value is -2.82. The molecule has 0 fully saturated rings. The van der Waals surface area contributed by atoms with Crippen molar-refractivity contribution in [2.75, 3.05) is 7.11 Å². The van der Waals surface area contributed by atoms with E-state index in [1.165, 1.54) is 0 Å². The lowest BCUT2D eigenvalue weighted by Gasteiger charge is -2.09. The van der Waals surface area contributed by atoms with E-state index in [0.717, 1.165) is 22.4 Å². The average Bonchev–Trinajstić information content (AvgIpc) is 2.92. The number of fused-ring (bicyclic) bond motifs is 1. The molecule has 0 saturated heterocycles. The van der Waals surface area contributed by atoms with E-state index in [1.54, 1.807) is 29.8 Å². The van der Waals surface area contributed by atoms with E-state index in [2.05, 4.69) is 4.98 Å². The van der Waals surface area contributed by atoms with Crippen molar-refractivity contribution in [2.45, 2.75) is 13.8 Å². The van der Waals surface area contributed by atoms with Crippen LogP contribution in [0.5, 0.6) is 5.75 Å². The maximum Gasteiger partial charge on any atom is 0.339 e. The second-order valence-electron chi connectivity index (χ2n) is 5.22. The van der Waals surface area contributed by atoms with Crippen LogP contribution in [-0.2, 0) is 0 Å². The Morgan fingerprint density at radius 2 is 2.00 bits per heavy atom. The van der Waals surface area contributed by atoms with Crippen LogP contribution in [0.3, 0.4) is 0 Å². The minimum atomic E-state index is -0.991. The summed E-state index contributed by atoms with van der Waals surface area (Å²) in [6.07, 6.45) is 3.60. The lowest BCUT2D eigenvalue weighted by Crippen LogP contribution is -1.99. The predicted molar refractivity (Wildman–Crippen MR) is 83.6 cm³/mol. The Labute approximate surface area is 127 Å². The number of carboxylic acid groups (broad SMARTS) is 1. The lowest BCUT2D eigenvalue weighted by molar-refractivity contribution is 0.0698. The van der Waals surface area contributed by atoms with Gasteiger partial charge in [-0.3, -0.25) is 0 Å². The van der Waals surface area contributed by atoms with E-state index >= 15 is 0 Å². The van der Waals surface area contributed by atoms with Crippen LogP contribution in [-0.4, -0.2) is 27.6 Å². The van der Waals surface area contributed by atoms with Crippen molar-refractivity contribution in [3.05, 3.63) is 53.3 Å². The molecule has 0 amide bonds. The molecule has 0 aliphatic carbocycles. The van der Waals surface area contributed by atoms with Crippen LogP contribution < -0.4 is 4.74 Å². The number of ether oxygens (including phenoxy) is 1. The number of carboxylic acids is 1. The number of rotatable bonds is 3. The highest BCUT2D eigenvalue weighted by Gasteiger charge is 2.15. The van der Waals surface area contributed by atoms with Gasteiger partial charge < -0.3 is 14.2 Å². The number of hydrogen-bond donors (Lipinski definition) is 1. The zero-order valence-electron chi connectivity index (χ0n) is 12.6. The van der Waals surface area contributed by atoms with Gasteiger partial charge in [-0.15, -0.1) is 0 Å². The highest BCUT2D eigenvalue weighted by molar-refractivity contribution is 5.94. The van der Waals surface area contributed by atoms with Crippen molar-refractivity contribution in [3.63, 3.8) is 0 Å². The van der Waals surface area contributed by atoms with Gasteiger partial charge in [-0.25, -0.2) is 9.78 Å². The van der Waals surface area contributed by atoms with Gasteiger partial charge in [0.15, 0.2) is 5.65 Å². The highest BCUT2D eigenvalue weighted by Crippen LogP contribution is 2.32. The Balaban J connectivity index is 2.25. The smallest absolute Gasteiger partial charge is 0.339 e. The molecule has 112 valence electrons. The fraction of sp³-hybridized carbons (Fsp3) is 0.176. The zero-order chi connectivity index (χ0) is 15.9. The van der Waals surface area contributed by atoms with Gasteiger partial charge in [-0.2, -0.15) is 0 Å². The summed E-state index contributed by atoms with van der Waals surface area (Å²) in [4.78, 5) is 15.8. The molecule has 0 aliphatic heterocycles. The standard InChI is InChI=1S/C17H16N2O3/c1-10-7-13(15(22-3)8-11(10)2)14-9-19-6-4-5-12(17(20)21)16(19)18-14/h4-9H,1-3H3,(H,20,21). The van der Waals surface area contributed by atoms with Gasteiger partial charge in [0.05, 0.1) is 12.8 Å². The summed E-state index contributed by atoms with van der Waals surface area (Å²) in [5.74, 6) is -0.266. The summed E-state index contributed by atoms with van der Waals surface area (Å²) >= 11 is 0. The number of methoxy groups -OCH3 is 1. The summed E-state index contributed by atoms with van der Waals surface area (Å²) < 4.78 is 7.16. The summed E-state index contributed by atoms with van der Waals surface area (Å²) in [6, 6.07) is 7.22. The first-order chi connectivity index (χ1) is 10.5. The van der Waals surface area contributed by atoms with Crippen LogP contribution in [0.4, 0.5) is 0 Å². The summed E-state index contributed by atoms with van der Waals surface area (Å²) in [6.45, 7) is 4.05. The molecule has 5 heteroatoms. The molecule has 3 rings (SSSR count). The Morgan fingerprint density at radius 3 is 2.68 bits per heavy atom. The SMILES string of the molecule is COc1cc(C)c(C)cc1-c1cn2cccc(C(=O)O)c2n1. The maximum atomic E-state index is 11.3. The molecule has 0 atom stereocenters. The molecule has 1 N–H and O–H groups in total. The molecular weight excluding hydrogens is 280 g/mol. The van der Waals surface area contributed by atoms with Crippen LogP contribution in [0.2, 0.25) is 0 Å². The lowest BCUT2D eigenvalue weighted by atomic mass is 10.0. The summed E-state index contributed by atoms with van der Waals surface area (Å²) in [7, 11) is 1.62. The third kappa shape index (κ3) is 2.20. The van der Waals surface area contributed by atoms with E-state index < -0.39 is 5.97 Å². The van der Waals surface area contributed by atoms with Gasteiger partial charge in [0.2, 0.25) is 0 Å². The molecule has 0 spiro atoms. The molecule has 2 aromatic heterocycles. The van der Waals surface area contributed by atoms with Crippen LogP contribution in [0.1, 0.15) is 21.5 Å². The number of carbonyl (C=O) groups is 1. The third-order valence-electron chi connectivity index (χ3n) is 3.80. The van der Waals surface area contributed by atoms with Crippen molar-refractivity contribution in [1.29, 1.82) is 0 Å². The molecule has 1 aromatic carbocycles. The third-order valence-corrected chi connectivity index (χ3v) is 3.80. The van der Waals surface area contributed by atoms with E-state index in [-0.39, 0.29) is 5.56 Å². The normalized spacial score (nSPS) is 10.9. The largest absolute Gasteiger partial charge is 0.496 e. The molecule has 0 radical (unpaired) electrons. The van der Waals surface area contributed by atoms with Crippen LogP contribution >= 0.6 is 0 Å². The topological polar surface area (TPSA) is 63.8 Å². The van der Waals surface area contributed by atoms with Gasteiger partial charge in [-0.1, -0.05) is 0 Å². The van der Waals surface area contributed by atoms with Crippen molar-refractivity contribution in [2.24, 2.45) is 0 Å². The fourth-order valence-corrected chi connectivity index (χ4v) is 2.47. The second-order valence-corrected chi connectivity index (χ2v) is 5.22. The van der Waals surface area contributed by atoms with Gasteiger partial charge in [0, 0.05) is 18.0 Å². The van der Waals surface area contributed by atoms with Gasteiger partial charge in [0.1, 0.15) is 11.3 Å². The van der Waals surface area contributed by atoms with Gasteiger partial charge >= 0.3 is 5.97 Å². The first-order valence-corrected chi connectivity index (χ1v) is 6.88. The number of benzene rings is 1. The molecular formula is C17H16N2O3. The molecule has 0 unspecified atom stereocenters. The minimum absolute atomic E-state index is 0.177. The van der Waals surface area contributed by atoms with E-state index in [1.807, 2.05) is 32.2 Å². The number of nitrogens with zero attached hydrogens (tertiary/aromatic N) is 2. The molecule has 0 bridgehead atoms. The monoisotopic (exact) mass is 296 g/mol. The number of pyridine rings is 1. The molecule has 2 heterocycles. The Kier molecular flexibility index (Phi) is 3.33. The quantitative estimate of drug-likeness (QED) is 0.805. The van der Waals surface area contributed by atoms with Crippen LogP contribution in [0, 0.1) is 13.8 Å². The number of aromatic carboxylic acids is 1. The number of imidazole rings is 1. The van der Waals surface area contributed by atoms with Crippen LogP contribution in [0.25, 0.3) is 16.9 Å². The number of aryl methyl sites for hydroxylation is 2. The molecule has 5 nitrogen and oxygen atoms in total. The maximum absolute atomic E-state index is 11.3. The minimum Gasteiger partial charge on any atom is -0.496 e. The molecule has 0 aliphatic rings. The number of aromatic nitrogens is 2. The Morgan fingerprint density at radius 1 is 1.27 bits per heavy atom. The average molecular weight is 296 g/mol. The van der Waals surface area contributed by atoms with E-state index in [9.17, 15) is 9.90 Å². The first-order valence-electron chi connectivity index (χ1n) is 6.88. The van der Waals surface area contributed by atoms with Crippen LogP contribution in [0.15, 0.2) is 36.7 Å². The van der Waals surface area contributed by atoms with Gasteiger partial charge in [-0.05, 0) is 49.2 Å². The molecule has 3 aromatic rings.